The quantitative estimate of drug-likeness (QED) is 0.394. The number of hydrogen-bond acceptors (Lipinski definition) is 6. The highest BCUT2D eigenvalue weighted by molar-refractivity contribution is 7.99. The zero-order valence-electron chi connectivity index (χ0n) is 22.9. The van der Waals surface area contributed by atoms with Gasteiger partial charge in [-0.2, -0.15) is 0 Å². The number of benzene rings is 2. The Labute approximate surface area is 239 Å². The van der Waals surface area contributed by atoms with Crippen LogP contribution in [0.4, 0.5) is 0 Å². The molecule has 0 aliphatic carbocycles. The number of carbonyl (C=O) groups is 4. The number of ether oxygens (including phenoxy) is 1. The summed E-state index contributed by atoms with van der Waals surface area (Å²) in [6.07, 6.45) is 4.20. The van der Waals surface area contributed by atoms with Gasteiger partial charge in [0.15, 0.2) is 0 Å². The molecule has 0 unspecified atom stereocenters. The molecule has 214 valence electrons. The third-order valence-corrected chi connectivity index (χ3v) is 9.19. The van der Waals surface area contributed by atoms with Crippen molar-refractivity contribution in [2.24, 2.45) is 11.8 Å². The largest absolute Gasteiger partial charge is 0.481 e. The van der Waals surface area contributed by atoms with Crippen LogP contribution in [-0.4, -0.2) is 64.1 Å². The van der Waals surface area contributed by atoms with E-state index in [4.69, 9.17) is 4.74 Å². The molecule has 2 amide bonds. The topological polar surface area (TPSA) is 113 Å². The van der Waals surface area contributed by atoms with Gasteiger partial charge in [-0.05, 0) is 68.2 Å². The number of rotatable bonds is 11. The predicted molar refractivity (Wildman–Crippen MR) is 153 cm³/mol. The van der Waals surface area contributed by atoms with E-state index in [9.17, 15) is 24.3 Å². The van der Waals surface area contributed by atoms with Gasteiger partial charge in [0.1, 0.15) is 12.1 Å². The minimum atomic E-state index is -0.885. The summed E-state index contributed by atoms with van der Waals surface area (Å²) < 4.78 is 4.99. The normalized spacial score (nSPS) is 22.4. The zero-order chi connectivity index (χ0) is 28.5. The van der Waals surface area contributed by atoms with Crippen LogP contribution in [0.3, 0.4) is 0 Å². The molecule has 2 heterocycles. The second-order valence-electron chi connectivity index (χ2n) is 10.6. The molecule has 9 heteroatoms. The van der Waals surface area contributed by atoms with E-state index < -0.39 is 35.9 Å². The maximum absolute atomic E-state index is 13.7. The highest BCUT2D eigenvalue weighted by Crippen LogP contribution is 2.35. The second kappa shape index (κ2) is 14.3. The van der Waals surface area contributed by atoms with E-state index in [1.54, 1.807) is 16.7 Å². The van der Waals surface area contributed by atoms with Crippen molar-refractivity contribution in [2.45, 2.75) is 68.8 Å². The molecule has 4 rings (SSSR count). The molecule has 2 N–H and O–H groups in total. The molecule has 40 heavy (non-hydrogen) atoms. The number of carboxylic acid groups (broad SMARTS) is 1. The summed E-state index contributed by atoms with van der Waals surface area (Å²) >= 11 is 1.64. The summed E-state index contributed by atoms with van der Waals surface area (Å²) in [4.78, 5) is 53.6. The fourth-order valence-corrected chi connectivity index (χ4v) is 7.07. The molecule has 0 bridgehead atoms. The first-order valence-corrected chi connectivity index (χ1v) is 15.0. The molecule has 0 aromatic heterocycles. The lowest BCUT2D eigenvalue weighted by molar-refractivity contribution is -0.156. The van der Waals surface area contributed by atoms with Crippen LogP contribution in [0, 0.1) is 11.8 Å². The fraction of sp³-hybridized carbons (Fsp3) is 0.484. The number of carboxylic acids is 1. The third kappa shape index (κ3) is 7.65. The summed E-state index contributed by atoms with van der Waals surface area (Å²) in [5.74, 6) is -2.26. The fourth-order valence-electron chi connectivity index (χ4n) is 5.68. The molecule has 2 aromatic rings. The predicted octanol–water partition coefficient (Wildman–Crippen LogP) is 4.07. The van der Waals surface area contributed by atoms with E-state index in [2.05, 4.69) is 5.32 Å². The molecule has 2 aromatic carbocycles. The van der Waals surface area contributed by atoms with Crippen molar-refractivity contribution in [3.63, 3.8) is 0 Å². The third-order valence-electron chi connectivity index (χ3n) is 7.87. The Morgan fingerprint density at radius 2 is 1.55 bits per heavy atom. The zero-order valence-corrected chi connectivity index (χ0v) is 23.7. The van der Waals surface area contributed by atoms with Crippen molar-refractivity contribution in [3.8, 4) is 0 Å². The van der Waals surface area contributed by atoms with Crippen molar-refractivity contribution >= 4 is 35.5 Å². The molecular weight excluding hydrogens is 528 g/mol. The Hall–Kier alpha value is -3.33. The van der Waals surface area contributed by atoms with E-state index in [1.807, 2.05) is 60.7 Å². The van der Waals surface area contributed by atoms with Crippen molar-refractivity contribution in [3.05, 3.63) is 71.8 Å². The number of hydrogen-bond donors (Lipinski definition) is 2. The molecule has 5 atom stereocenters. The van der Waals surface area contributed by atoms with E-state index in [0.29, 0.717) is 44.3 Å². The number of fused-ring (bicyclic) bond motifs is 1. The second-order valence-corrected chi connectivity index (χ2v) is 11.9. The molecule has 2 aliphatic rings. The SMILES string of the molecule is COC(=O)[C@@H]1CCC[C@@H]2SCC[C@H](NC(=O)[C@H](CC[C@H](Cc3ccccc3)C(=O)O)Cc3ccccc3)C(=O)N21. The summed E-state index contributed by atoms with van der Waals surface area (Å²) in [5, 5.41) is 12.8. The first-order chi connectivity index (χ1) is 19.4. The van der Waals surface area contributed by atoms with Crippen molar-refractivity contribution in [1.29, 1.82) is 0 Å². The van der Waals surface area contributed by atoms with Gasteiger partial charge in [0.05, 0.1) is 18.4 Å². The number of nitrogens with one attached hydrogen (secondary N) is 1. The number of thioether (sulfide) groups is 1. The first kappa shape index (κ1) is 29.6. The highest BCUT2D eigenvalue weighted by atomic mass is 32.2. The van der Waals surface area contributed by atoms with Gasteiger partial charge in [0.2, 0.25) is 11.8 Å². The molecule has 2 saturated heterocycles. The molecule has 0 spiro atoms. The van der Waals surface area contributed by atoms with Gasteiger partial charge in [-0.25, -0.2) is 4.79 Å². The van der Waals surface area contributed by atoms with Crippen molar-refractivity contribution in [2.75, 3.05) is 12.9 Å². The molecule has 8 nitrogen and oxygen atoms in total. The molecule has 0 radical (unpaired) electrons. The van der Waals surface area contributed by atoms with Gasteiger partial charge < -0.3 is 20.1 Å². The van der Waals surface area contributed by atoms with E-state index >= 15 is 0 Å². The number of nitrogens with zero attached hydrogens (tertiary/aromatic N) is 1. The number of aliphatic carboxylic acids is 1. The van der Waals surface area contributed by atoms with E-state index in [0.717, 1.165) is 24.0 Å². The maximum Gasteiger partial charge on any atom is 0.328 e. The number of piperidine rings is 1. The van der Waals surface area contributed by atoms with Crippen LogP contribution in [0.15, 0.2) is 60.7 Å². The van der Waals surface area contributed by atoms with Gasteiger partial charge in [-0.1, -0.05) is 60.7 Å². The van der Waals surface area contributed by atoms with Crippen LogP contribution in [0.2, 0.25) is 0 Å². The number of amides is 2. The van der Waals surface area contributed by atoms with Crippen LogP contribution in [-0.2, 0) is 36.8 Å². The van der Waals surface area contributed by atoms with Crippen LogP contribution in [0.1, 0.15) is 49.7 Å². The smallest absolute Gasteiger partial charge is 0.328 e. The Morgan fingerprint density at radius 1 is 0.950 bits per heavy atom. The van der Waals surface area contributed by atoms with Gasteiger partial charge in [-0.3, -0.25) is 14.4 Å². The number of carbonyl (C=O) groups excluding carboxylic acids is 3. The van der Waals surface area contributed by atoms with Crippen LogP contribution >= 0.6 is 11.8 Å². The number of methoxy groups -OCH3 is 1. The monoisotopic (exact) mass is 566 g/mol. The van der Waals surface area contributed by atoms with Gasteiger partial charge in [0.25, 0.3) is 0 Å². The molecular formula is C31H38N2O6S. The standard InChI is InChI=1S/C31H38N2O6S/c1-39-31(38)26-13-8-14-27-33(26)29(35)25(17-18-40-27)32-28(34)23(19-21-9-4-2-5-10-21)15-16-24(30(36)37)20-22-11-6-3-7-12-22/h2-7,9-12,23-27H,8,13-20H2,1H3,(H,32,34)(H,36,37)/t23-,24-,25+,26+,27+/m1/s1. The summed E-state index contributed by atoms with van der Waals surface area (Å²) in [7, 11) is 1.33. The van der Waals surface area contributed by atoms with E-state index in [-0.39, 0.29) is 17.2 Å². The Morgan fingerprint density at radius 3 is 2.15 bits per heavy atom. The lowest BCUT2D eigenvalue weighted by atomic mass is 9.87. The minimum Gasteiger partial charge on any atom is -0.481 e. The summed E-state index contributed by atoms with van der Waals surface area (Å²) in [6, 6.07) is 17.7. The first-order valence-electron chi connectivity index (χ1n) is 14.0. The van der Waals surface area contributed by atoms with Gasteiger partial charge in [0, 0.05) is 5.92 Å². The molecule has 2 fully saturated rings. The lowest BCUT2D eigenvalue weighted by Crippen LogP contribution is -2.57. The summed E-state index contributed by atoms with van der Waals surface area (Å²) in [5.41, 5.74) is 1.92. The molecule has 0 saturated carbocycles. The van der Waals surface area contributed by atoms with Gasteiger partial charge in [-0.15, -0.1) is 11.8 Å². The highest BCUT2D eigenvalue weighted by Gasteiger charge is 2.43. The molecule has 2 aliphatic heterocycles. The Balaban J connectivity index is 1.49. The van der Waals surface area contributed by atoms with E-state index in [1.165, 1.54) is 7.11 Å². The van der Waals surface area contributed by atoms with Crippen molar-refractivity contribution in [1.82, 2.24) is 10.2 Å². The van der Waals surface area contributed by atoms with Crippen molar-refractivity contribution < 1.29 is 29.0 Å². The summed E-state index contributed by atoms with van der Waals surface area (Å²) in [6.45, 7) is 0. The maximum atomic E-state index is 13.7. The Kier molecular flexibility index (Phi) is 10.6. The average Bonchev–Trinajstić information content (AvgIpc) is 3.13. The van der Waals surface area contributed by atoms with Gasteiger partial charge >= 0.3 is 11.9 Å². The number of esters is 1. The van der Waals surface area contributed by atoms with Crippen LogP contribution < -0.4 is 5.32 Å². The lowest BCUT2D eigenvalue weighted by Gasteiger charge is -2.40. The van der Waals surface area contributed by atoms with Crippen LogP contribution in [0.5, 0.6) is 0 Å². The Bertz CT molecular complexity index is 1160. The average molecular weight is 567 g/mol. The minimum absolute atomic E-state index is 0.110. The van der Waals surface area contributed by atoms with Crippen LogP contribution in [0.25, 0.3) is 0 Å².